The summed E-state index contributed by atoms with van der Waals surface area (Å²) in [5.41, 5.74) is 2.94. The second-order valence-electron chi connectivity index (χ2n) is 9.09. The van der Waals surface area contributed by atoms with Gasteiger partial charge in [0.25, 0.3) is 0 Å². The van der Waals surface area contributed by atoms with Gasteiger partial charge in [-0.15, -0.1) is 6.58 Å². The van der Waals surface area contributed by atoms with Crippen LogP contribution in [0.25, 0.3) is 0 Å². The minimum atomic E-state index is -0.596. The van der Waals surface area contributed by atoms with Gasteiger partial charge in [0, 0.05) is 50.9 Å². The zero-order valence-electron chi connectivity index (χ0n) is 20.1. The first-order valence-corrected chi connectivity index (χ1v) is 12.1. The summed E-state index contributed by atoms with van der Waals surface area (Å²) in [5.74, 6) is 0.0445. The normalized spacial score (nSPS) is 21.4. The van der Waals surface area contributed by atoms with Crippen molar-refractivity contribution >= 4 is 17.9 Å². The molecule has 1 aromatic carbocycles. The molecular weight excluding hydrogens is 432 g/mol. The first-order chi connectivity index (χ1) is 16.4. The van der Waals surface area contributed by atoms with Crippen LogP contribution in [0.4, 0.5) is 4.79 Å². The molecule has 34 heavy (non-hydrogen) atoms. The minimum Gasteiger partial charge on any atom is -0.463 e. The van der Waals surface area contributed by atoms with Crippen LogP contribution in [0, 0.1) is 12.8 Å². The van der Waals surface area contributed by atoms with E-state index in [2.05, 4.69) is 16.8 Å². The highest BCUT2D eigenvalue weighted by molar-refractivity contribution is 5.95. The zero-order valence-corrected chi connectivity index (χ0v) is 20.1. The molecule has 2 aliphatic heterocycles. The Balaban J connectivity index is 1.66. The molecule has 182 valence electrons. The number of ether oxygens (including phenoxy) is 1. The number of nitrogens with zero attached hydrogens (tertiary/aromatic N) is 3. The van der Waals surface area contributed by atoms with Crippen molar-refractivity contribution in [2.45, 2.75) is 32.7 Å². The van der Waals surface area contributed by atoms with Gasteiger partial charge < -0.3 is 15.0 Å². The van der Waals surface area contributed by atoms with Crippen molar-refractivity contribution in [2.75, 3.05) is 45.9 Å². The standard InChI is InChI=1S/C26H34N4O4/c1-4-12-30-21(17-28-13-15-29(16-14-28)24(31)19-10-11-19)22(25(32)34-5-2)23(27-26(30)33)20-9-7-6-8-18(20)3/h4,6-9,19,23H,1,5,10-17H2,2-3H3,(H,27,33). The number of benzene rings is 1. The molecule has 3 amide bonds. The summed E-state index contributed by atoms with van der Waals surface area (Å²) in [6, 6.07) is 6.88. The van der Waals surface area contributed by atoms with Crippen LogP contribution in [-0.4, -0.2) is 78.5 Å². The molecule has 3 aliphatic rings. The maximum absolute atomic E-state index is 13.3. The number of hydrogen-bond acceptors (Lipinski definition) is 5. The second-order valence-corrected chi connectivity index (χ2v) is 9.09. The van der Waals surface area contributed by atoms with Crippen LogP contribution in [0.2, 0.25) is 0 Å². The van der Waals surface area contributed by atoms with Crippen molar-refractivity contribution in [3.63, 3.8) is 0 Å². The van der Waals surface area contributed by atoms with E-state index in [-0.39, 0.29) is 31.0 Å². The van der Waals surface area contributed by atoms with E-state index in [9.17, 15) is 14.4 Å². The molecule has 8 nitrogen and oxygen atoms in total. The fourth-order valence-electron chi connectivity index (χ4n) is 4.72. The van der Waals surface area contributed by atoms with E-state index in [1.54, 1.807) is 17.9 Å². The SMILES string of the molecule is C=CCN1C(=O)NC(c2ccccc2C)C(C(=O)OCC)=C1CN1CCN(C(=O)C2CC2)CC1. The van der Waals surface area contributed by atoms with Gasteiger partial charge in [-0.3, -0.25) is 14.6 Å². The number of amides is 3. The van der Waals surface area contributed by atoms with Gasteiger partial charge in [-0.1, -0.05) is 30.3 Å². The lowest BCUT2D eigenvalue weighted by atomic mass is 9.91. The molecule has 4 rings (SSSR count). The Kier molecular flexibility index (Phi) is 7.36. The van der Waals surface area contributed by atoms with E-state index in [0.29, 0.717) is 44.0 Å². The van der Waals surface area contributed by atoms with Crippen LogP contribution < -0.4 is 5.32 Å². The fourth-order valence-corrected chi connectivity index (χ4v) is 4.72. The molecule has 0 spiro atoms. The maximum Gasteiger partial charge on any atom is 0.338 e. The predicted octanol–water partition coefficient (Wildman–Crippen LogP) is 2.62. The fraction of sp³-hybridized carbons (Fsp3) is 0.500. The Hall–Kier alpha value is -3.13. The summed E-state index contributed by atoms with van der Waals surface area (Å²) in [7, 11) is 0. The lowest BCUT2D eigenvalue weighted by molar-refractivity contribution is -0.139. The summed E-state index contributed by atoms with van der Waals surface area (Å²) in [6.07, 6.45) is 3.66. The number of carbonyl (C=O) groups is 3. The largest absolute Gasteiger partial charge is 0.463 e. The van der Waals surface area contributed by atoms with Crippen molar-refractivity contribution in [3.05, 3.63) is 59.3 Å². The predicted molar refractivity (Wildman–Crippen MR) is 129 cm³/mol. The van der Waals surface area contributed by atoms with Crippen LogP contribution >= 0.6 is 0 Å². The number of esters is 1. The third-order valence-corrected chi connectivity index (χ3v) is 6.73. The van der Waals surface area contributed by atoms with Crippen molar-refractivity contribution in [1.29, 1.82) is 0 Å². The van der Waals surface area contributed by atoms with Gasteiger partial charge in [0.1, 0.15) is 0 Å². The topological polar surface area (TPSA) is 82.2 Å². The van der Waals surface area contributed by atoms with Crippen molar-refractivity contribution in [3.8, 4) is 0 Å². The number of piperazine rings is 1. The maximum atomic E-state index is 13.3. The molecule has 1 aromatic rings. The van der Waals surface area contributed by atoms with Crippen molar-refractivity contribution in [2.24, 2.45) is 5.92 Å². The summed E-state index contributed by atoms with van der Waals surface area (Å²) < 4.78 is 5.46. The number of urea groups is 1. The van der Waals surface area contributed by atoms with Crippen LogP contribution in [-0.2, 0) is 14.3 Å². The molecule has 2 fully saturated rings. The Labute approximate surface area is 201 Å². The average Bonchev–Trinajstić information content (AvgIpc) is 3.67. The molecule has 1 aliphatic carbocycles. The monoisotopic (exact) mass is 466 g/mol. The first-order valence-electron chi connectivity index (χ1n) is 12.1. The first kappa shape index (κ1) is 24.0. The smallest absolute Gasteiger partial charge is 0.338 e. The Morgan fingerprint density at radius 2 is 1.88 bits per heavy atom. The van der Waals surface area contributed by atoms with E-state index in [0.717, 1.165) is 24.0 Å². The van der Waals surface area contributed by atoms with Crippen LogP contribution in [0.15, 0.2) is 48.2 Å². The van der Waals surface area contributed by atoms with E-state index in [1.165, 1.54) is 0 Å². The van der Waals surface area contributed by atoms with Gasteiger partial charge in [0.2, 0.25) is 5.91 Å². The molecule has 0 bridgehead atoms. The summed E-state index contributed by atoms with van der Waals surface area (Å²) in [4.78, 5) is 44.6. The minimum absolute atomic E-state index is 0.213. The third kappa shape index (κ3) is 5.01. The van der Waals surface area contributed by atoms with E-state index < -0.39 is 12.0 Å². The summed E-state index contributed by atoms with van der Waals surface area (Å²) in [6.45, 7) is 11.2. The quantitative estimate of drug-likeness (QED) is 0.471. The molecule has 1 unspecified atom stereocenters. The lowest BCUT2D eigenvalue weighted by Crippen LogP contribution is -2.54. The second kappa shape index (κ2) is 10.4. The summed E-state index contributed by atoms with van der Waals surface area (Å²) in [5, 5.41) is 3.02. The Morgan fingerprint density at radius 3 is 2.50 bits per heavy atom. The van der Waals surface area contributed by atoms with Crippen LogP contribution in [0.3, 0.4) is 0 Å². The Morgan fingerprint density at radius 1 is 1.18 bits per heavy atom. The van der Waals surface area contributed by atoms with Gasteiger partial charge in [0.15, 0.2) is 0 Å². The lowest BCUT2D eigenvalue weighted by Gasteiger charge is -2.40. The molecule has 1 saturated carbocycles. The molecule has 8 heteroatoms. The molecule has 1 N–H and O–H groups in total. The number of rotatable bonds is 8. The highest BCUT2D eigenvalue weighted by atomic mass is 16.5. The molecule has 0 radical (unpaired) electrons. The average molecular weight is 467 g/mol. The van der Waals surface area contributed by atoms with Crippen molar-refractivity contribution < 1.29 is 19.1 Å². The van der Waals surface area contributed by atoms with Gasteiger partial charge in [0.05, 0.1) is 18.2 Å². The number of aryl methyl sites for hydroxylation is 1. The van der Waals surface area contributed by atoms with Gasteiger partial charge >= 0.3 is 12.0 Å². The van der Waals surface area contributed by atoms with Crippen LogP contribution in [0.5, 0.6) is 0 Å². The molecule has 0 aromatic heterocycles. The summed E-state index contributed by atoms with van der Waals surface area (Å²) >= 11 is 0. The van der Waals surface area contributed by atoms with Gasteiger partial charge in [-0.2, -0.15) is 0 Å². The number of hydrogen-bond donors (Lipinski definition) is 1. The molecule has 1 atom stereocenters. The molecule has 2 heterocycles. The van der Waals surface area contributed by atoms with Crippen LogP contribution in [0.1, 0.15) is 36.9 Å². The highest BCUT2D eigenvalue weighted by Crippen LogP contribution is 2.34. The molecular formula is C26H34N4O4. The third-order valence-electron chi connectivity index (χ3n) is 6.73. The van der Waals surface area contributed by atoms with Crippen molar-refractivity contribution in [1.82, 2.24) is 20.0 Å². The van der Waals surface area contributed by atoms with E-state index >= 15 is 0 Å². The highest BCUT2D eigenvalue weighted by Gasteiger charge is 2.40. The Bertz CT molecular complexity index is 992. The number of nitrogens with one attached hydrogen (secondary N) is 1. The van der Waals surface area contributed by atoms with Gasteiger partial charge in [-0.05, 0) is 37.8 Å². The molecule has 1 saturated heterocycles. The number of carbonyl (C=O) groups excluding carboxylic acids is 3. The van der Waals surface area contributed by atoms with E-state index in [4.69, 9.17) is 4.74 Å². The zero-order chi connectivity index (χ0) is 24.2. The van der Waals surface area contributed by atoms with Gasteiger partial charge in [-0.25, -0.2) is 9.59 Å². The van der Waals surface area contributed by atoms with E-state index in [1.807, 2.05) is 36.1 Å².